The molecule has 0 aliphatic carbocycles. The van der Waals surface area contributed by atoms with Crippen molar-refractivity contribution in [1.29, 1.82) is 0 Å². The Bertz CT molecular complexity index is 656. The van der Waals surface area contributed by atoms with E-state index in [-0.39, 0.29) is 6.04 Å². The van der Waals surface area contributed by atoms with Gasteiger partial charge in [-0.15, -0.1) is 0 Å². The number of ether oxygens (including phenoxy) is 1. The number of piperazine rings is 1. The molecule has 1 aliphatic heterocycles. The van der Waals surface area contributed by atoms with Gasteiger partial charge in [-0.3, -0.25) is 4.90 Å². The van der Waals surface area contributed by atoms with Crippen molar-refractivity contribution in [1.82, 2.24) is 20.4 Å². The maximum Gasteiger partial charge on any atom is 0.230 e. The molecule has 1 aliphatic rings. The second-order valence-corrected chi connectivity index (χ2v) is 6.11. The van der Waals surface area contributed by atoms with Gasteiger partial charge in [0.05, 0.1) is 19.1 Å². The molecular weight excluding hydrogens is 292 g/mol. The van der Waals surface area contributed by atoms with Gasteiger partial charge in [0.15, 0.2) is 5.82 Å². The van der Waals surface area contributed by atoms with E-state index in [1.54, 1.807) is 0 Å². The third kappa shape index (κ3) is 3.89. The highest BCUT2D eigenvalue weighted by molar-refractivity contribution is 5.35. The number of hydrogen-bond acceptors (Lipinski definition) is 6. The Labute approximate surface area is 136 Å². The summed E-state index contributed by atoms with van der Waals surface area (Å²) < 4.78 is 11.2. The minimum atomic E-state index is 0.182. The van der Waals surface area contributed by atoms with Crippen LogP contribution in [-0.2, 0) is 6.42 Å². The largest absolute Gasteiger partial charge is 0.493 e. The van der Waals surface area contributed by atoms with Gasteiger partial charge in [0.2, 0.25) is 5.89 Å². The maximum atomic E-state index is 5.82. The molecule has 2 aromatic rings. The number of rotatable bonds is 5. The van der Waals surface area contributed by atoms with Crippen LogP contribution < -0.4 is 10.1 Å². The minimum Gasteiger partial charge on any atom is -0.493 e. The van der Waals surface area contributed by atoms with Gasteiger partial charge >= 0.3 is 0 Å². The molecule has 1 saturated heterocycles. The topological polar surface area (TPSA) is 63.4 Å². The Morgan fingerprint density at radius 3 is 3.04 bits per heavy atom. The zero-order valence-corrected chi connectivity index (χ0v) is 14.0. The average molecular weight is 316 g/mol. The first-order valence-corrected chi connectivity index (χ1v) is 8.07. The first-order valence-electron chi connectivity index (χ1n) is 8.07. The van der Waals surface area contributed by atoms with Crippen LogP contribution in [0.2, 0.25) is 0 Å². The SMILES string of the molecule is Cc1ccc(OCCc2nc(C3CNCCN3C)no2)c(C)c1. The first kappa shape index (κ1) is 16.0. The van der Waals surface area contributed by atoms with Crippen LogP contribution in [0, 0.1) is 13.8 Å². The van der Waals surface area contributed by atoms with Gasteiger partial charge in [0, 0.05) is 19.6 Å². The van der Waals surface area contributed by atoms with E-state index in [2.05, 4.69) is 53.4 Å². The van der Waals surface area contributed by atoms with E-state index in [4.69, 9.17) is 9.26 Å². The van der Waals surface area contributed by atoms with Gasteiger partial charge in [-0.2, -0.15) is 4.98 Å². The number of benzene rings is 1. The predicted octanol–water partition coefficient (Wildman–Crippen LogP) is 1.88. The van der Waals surface area contributed by atoms with E-state index in [1.165, 1.54) is 5.56 Å². The fourth-order valence-electron chi connectivity index (χ4n) is 2.81. The molecule has 124 valence electrons. The van der Waals surface area contributed by atoms with Crippen LogP contribution in [0.3, 0.4) is 0 Å². The van der Waals surface area contributed by atoms with Crippen molar-refractivity contribution in [2.75, 3.05) is 33.3 Å². The summed E-state index contributed by atoms with van der Waals surface area (Å²) in [5, 5.41) is 7.48. The molecule has 1 aromatic heterocycles. The Balaban J connectivity index is 1.55. The second kappa shape index (κ2) is 7.10. The quantitative estimate of drug-likeness (QED) is 0.909. The van der Waals surface area contributed by atoms with E-state index >= 15 is 0 Å². The predicted molar refractivity (Wildman–Crippen MR) is 87.7 cm³/mol. The summed E-state index contributed by atoms with van der Waals surface area (Å²) in [6.45, 7) is 7.51. The van der Waals surface area contributed by atoms with Gasteiger partial charge in [0.25, 0.3) is 0 Å². The maximum absolute atomic E-state index is 5.82. The van der Waals surface area contributed by atoms with Gasteiger partial charge < -0.3 is 14.6 Å². The molecule has 1 unspecified atom stereocenters. The van der Waals surface area contributed by atoms with Gasteiger partial charge in [-0.05, 0) is 32.5 Å². The fourth-order valence-corrected chi connectivity index (χ4v) is 2.81. The Morgan fingerprint density at radius 1 is 1.39 bits per heavy atom. The van der Waals surface area contributed by atoms with Gasteiger partial charge in [-0.1, -0.05) is 22.9 Å². The summed E-state index contributed by atoms with van der Waals surface area (Å²) in [6, 6.07) is 6.36. The van der Waals surface area contributed by atoms with Crippen LogP contribution >= 0.6 is 0 Å². The van der Waals surface area contributed by atoms with Crippen molar-refractivity contribution in [3.63, 3.8) is 0 Å². The van der Waals surface area contributed by atoms with Crippen molar-refractivity contribution < 1.29 is 9.26 Å². The molecule has 0 bridgehead atoms. The lowest BCUT2D eigenvalue weighted by atomic mass is 10.1. The Morgan fingerprint density at radius 2 is 2.26 bits per heavy atom. The third-order valence-electron chi connectivity index (χ3n) is 4.20. The van der Waals surface area contributed by atoms with Crippen LogP contribution in [0.25, 0.3) is 0 Å². The normalized spacial score (nSPS) is 19.0. The van der Waals surface area contributed by atoms with E-state index in [1.807, 2.05) is 6.07 Å². The molecule has 1 N–H and O–H groups in total. The fraction of sp³-hybridized carbons (Fsp3) is 0.529. The molecule has 3 rings (SSSR count). The lowest BCUT2D eigenvalue weighted by molar-refractivity contribution is 0.190. The molecule has 6 heteroatoms. The number of likely N-dealkylation sites (N-methyl/N-ethyl adjacent to an activating group) is 1. The highest BCUT2D eigenvalue weighted by atomic mass is 16.5. The molecule has 1 atom stereocenters. The zero-order chi connectivity index (χ0) is 16.2. The van der Waals surface area contributed by atoms with Crippen LogP contribution in [0.1, 0.15) is 28.9 Å². The van der Waals surface area contributed by atoms with Crippen molar-refractivity contribution >= 4 is 0 Å². The third-order valence-corrected chi connectivity index (χ3v) is 4.20. The van der Waals surface area contributed by atoms with Crippen molar-refractivity contribution in [3.8, 4) is 5.75 Å². The molecule has 0 radical (unpaired) electrons. The van der Waals surface area contributed by atoms with Crippen molar-refractivity contribution in [3.05, 3.63) is 41.0 Å². The molecule has 2 heterocycles. The van der Waals surface area contributed by atoms with Gasteiger partial charge in [0.1, 0.15) is 5.75 Å². The number of aryl methyl sites for hydroxylation is 2. The van der Waals surface area contributed by atoms with Crippen LogP contribution in [0.15, 0.2) is 22.7 Å². The highest BCUT2D eigenvalue weighted by Gasteiger charge is 2.25. The van der Waals surface area contributed by atoms with E-state index in [9.17, 15) is 0 Å². The van der Waals surface area contributed by atoms with Crippen molar-refractivity contribution in [2.24, 2.45) is 0 Å². The first-order chi connectivity index (χ1) is 11.1. The lowest BCUT2D eigenvalue weighted by Gasteiger charge is -2.30. The lowest BCUT2D eigenvalue weighted by Crippen LogP contribution is -2.44. The van der Waals surface area contributed by atoms with E-state index in [0.717, 1.165) is 36.8 Å². The van der Waals surface area contributed by atoms with E-state index in [0.29, 0.717) is 18.9 Å². The Kier molecular flexibility index (Phi) is 4.93. The summed E-state index contributed by atoms with van der Waals surface area (Å²) in [6.07, 6.45) is 0.615. The minimum absolute atomic E-state index is 0.182. The van der Waals surface area contributed by atoms with Crippen LogP contribution in [0.4, 0.5) is 0 Å². The van der Waals surface area contributed by atoms with Crippen LogP contribution in [-0.4, -0.2) is 48.3 Å². The number of nitrogens with zero attached hydrogens (tertiary/aromatic N) is 3. The molecule has 0 amide bonds. The summed E-state index contributed by atoms with van der Waals surface area (Å²) in [4.78, 5) is 6.76. The standard InChI is InChI=1S/C17H24N4O2/c1-12-4-5-15(13(2)10-12)22-9-6-16-19-17(20-23-16)14-11-18-7-8-21(14)3/h4-5,10,14,18H,6-9,11H2,1-3H3. The zero-order valence-electron chi connectivity index (χ0n) is 14.0. The highest BCUT2D eigenvalue weighted by Crippen LogP contribution is 2.20. The second-order valence-electron chi connectivity index (χ2n) is 6.11. The molecule has 0 spiro atoms. The Hall–Kier alpha value is -1.92. The van der Waals surface area contributed by atoms with Gasteiger partial charge in [-0.25, -0.2) is 0 Å². The molecule has 1 aromatic carbocycles. The number of hydrogen-bond donors (Lipinski definition) is 1. The average Bonchev–Trinajstić information content (AvgIpc) is 2.98. The van der Waals surface area contributed by atoms with Crippen LogP contribution in [0.5, 0.6) is 5.75 Å². The summed E-state index contributed by atoms with van der Waals surface area (Å²) >= 11 is 0. The summed E-state index contributed by atoms with van der Waals surface area (Å²) in [7, 11) is 2.09. The van der Waals surface area contributed by atoms with E-state index < -0.39 is 0 Å². The van der Waals surface area contributed by atoms with Crippen molar-refractivity contribution in [2.45, 2.75) is 26.3 Å². The molecule has 23 heavy (non-hydrogen) atoms. The summed E-state index contributed by atoms with van der Waals surface area (Å²) in [5.74, 6) is 2.29. The summed E-state index contributed by atoms with van der Waals surface area (Å²) in [5.41, 5.74) is 2.38. The number of nitrogens with one attached hydrogen (secondary N) is 1. The molecule has 1 fully saturated rings. The smallest absolute Gasteiger partial charge is 0.230 e. The monoisotopic (exact) mass is 316 g/mol. The molecule has 0 saturated carbocycles. The number of aromatic nitrogens is 2. The molecule has 6 nitrogen and oxygen atoms in total. The molecular formula is C17H24N4O2.